The molecule has 148 valence electrons. The summed E-state index contributed by atoms with van der Waals surface area (Å²) in [6.07, 6.45) is 8.09. The van der Waals surface area contributed by atoms with E-state index in [2.05, 4.69) is 29.6 Å². The van der Waals surface area contributed by atoms with Gasteiger partial charge in [0.15, 0.2) is 0 Å². The molecule has 4 heteroatoms. The van der Waals surface area contributed by atoms with Gasteiger partial charge in [-0.3, -0.25) is 4.79 Å². The molecule has 0 radical (unpaired) electrons. The maximum absolute atomic E-state index is 14.4. The molecule has 0 spiro atoms. The van der Waals surface area contributed by atoms with Crippen LogP contribution in [0.3, 0.4) is 0 Å². The lowest BCUT2D eigenvalue weighted by molar-refractivity contribution is 0.0606. The Labute approximate surface area is 166 Å². The van der Waals surface area contributed by atoms with E-state index in [0.29, 0.717) is 18.2 Å². The third-order valence-corrected chi connectivity index (χ3v) is 6.22. The van der Waals surface area contributed by atoms with Crippen LogP contribution in [0.25, 0.3) is 0 Å². The Morgan fingerprint density at radius 3 is 2.43 bits per heavy atom. The molecule has 2 aromatic carbocycles. The summed E-state index contributed by atoms with van der Waals surface area (Å²) in [5, 5.41) is 3.62. The second-order valence-electron chi connectivity index (χ2n) is 8.19. The van der Waals surface area contributed by atoms with Gasteiger partial charge in [-0.1, -0.05) is 37.1 Å². The zero-order valence-electron chi connectivity index (χ0n) is 16.6. The van der Waals surface area contributed by atoms with Crippen molar-refractivity contribution in [2.75, 3.05) is 11.9 Å². The number of hydrogen-bond acceptors (Lipinski definition) is 2. The molecule has 2 fully saturated rings. The first-order valence-electron chi connectivity index (χ1n) is 10.6. The SMILES string of the molecule is Cc1cccc(F)c1C(=O)N1CCCC[C@@H]1c1ccc(NC2CCCC2)cc1. The zero-order valence-corrected chi connectivity index (χ0v) is 16.6. The van der Waals surface area contributed by atoms with Crippen molar-refractivity contribution < 1.29 is 9.18 Å². The topological polar surface area (TPSA) is 32.3 Å². The number of anilines is 1. The Kier molecular flexibility index (Phi) is 5.65. The first-order valence-corrected chi connectivity index (χ1v) is 10.6. The Bertz CT molecular complexity index is 807. The van der Waals surface area contributed by atoms with Crippen LogP contribution in [0.15, 0.2) is 42.5 Å². The number of nitrogens with one attached hydrogen (secondary N) is 1. The summed E-state index contributed by atoms with van der Waals surface area (Å²) < 4.78 is 14.4. The predicted molar refractivity (Wildman–Crippen MR) is 111 cm³/mol. The van der Waals surface area contributed by atoms with Crippen molar-refractivity contribution in [2.24, 2.45) is 0 Å². The van der Waals surface area contributed by atoms with Gasteiger partial charge >= 0.3 is 0 Å². The molecule has 1 saturated carbocycles. The predicted octanol–water partition coefficient (Wildman–Crippen LogP) is 5.86. The number of piperidine rings is 1. The summed E-state index contributed by atoms with van der Waals surface area (Å²) in [4.78, 5) is 15.1. The van der Waals surface area contributed by atoms with Gasteiger partial charge in [-0.25, -0.2) is 4.39 Å². The fraction of sp³-hybridized carbons (Fsp3) is 0.458. The quantitative estimate of drug-likeness (QED) is 0.721. The fourth-order valence-electron chi connectivity index (χ4n) is 4.67. The standard InChI is InChI=1S/C24H29FN2O/c1-17-7-6-10-21(25)23(17)24(28)27-16-5-4-11-22(27)18-12-14-20(15-13-18)26-19-8-2-3-9-19/h6-7,10,12-15,19,22,26H,2-5,8-9,11,16H2,1H3/t22-/m1/s1. The highest BCUT2D eigenvalue weighted by molar-refractivity contribution is 5.96. The van der Waals surface area contributed by atoms with Crippen LogP contribution >= 0.6 is 0 Å². The summed E-state index contributed by atoms with van der Waals surface area (Å²) in [5.41, 5.74) is 3.20. The summed E-state index contributed by atoms with van der Waals surface area (Å²) in [6, 6.07) is 13.9. The molecule has 2 aliphatic rings. The van der Waals surface area contributed by atoms with Crippen molar-refractivity contribution in [1.29, 1.82) is 0 Å². The average Bonchev–Trinajstić information content (AvgIpc) is 3.21. The van der Waals surface area contributed by atoms with Gasteiger partial charge in [-0.15, -0.1) is 0 Å². The van der Waals surface area contributed by atoms with E-state index in [1.165, 1.54) is 31.7 Å². The van der Waals surface area contributed by atoms with Crippen LogP contribution < -0.4 is 5.32 Å². The van der Waals surface area contributed by atoms with Crippen LogP contribution in [0.4, 0.5) is 10.1 Å². The monoisotopic (exact) mass is 380 g/mol. The van der Waals surface area contributed by atoms with Crippen molar-refractivity contribution >= 4 is 11.6 Å². The van der Waals surface area contributed by atoms with Gasteiger partial charge < -0.3 is 10.2 Å². The first kappa shape index (κ1) is 19.0. The molecule has 1 atom stereocenters. The summed E-state index contributed by atoms with van der Waals surface area (Å²) in [7, 11) is 0. The second kappa shape index (κ2) is 8.34. The van der Waals surface area contributed by atoms with Crippen LogP contribution in [-0.4, -0.2) is 23.4 Å². The van der Waals surface area contributed by atoms with E-state index < -0.39 is 5.82 Å². The molecule has 1 aliphatic carbocycles. The number of aryl methyl sites for hydroxylation is 1. The van der Waals surface area contributed by atoms with Crippen LogP contribution in [0.5, 0.6) is 0 Å². The summed E-state index contributed by atoms with van der Waals surface area (Å²) >= 11 is 0. The van der Waals surface area contributed by atoms with Crippen molar-refractivity contribution in [3.63, 3.8) is 0 Å². The maximum Gasteiger partial charge on any atom is 0.257 e. The number of likely N-dealkylation sites (tertiary alicyclic amines) is 1. The minimum Gasteiger partial charge on any atom is -0.382 e. The lowest BCUT2D eigenvalue weighted by Gasteiger charge is -2.36. The number of nitrogens with zero attached hydrogens (tertiary/aromatic N) is 1. The molecule has 28 heavy (non-hydrogen) atoms. The van der Waals surface area contributed by atoms with E-state index in [1.807, 2.05) is 4.90 Å². The Balaban J connectivity index is 1.54. The third-order valence-electron chi connectivity index (χ3n) is 6.22. The fourth-order valence-corrected chi connectivity index (χ4v) is 4.67. The minimum absolute atomic E-state index is 0.0146. The minimum atomic E-state index is -0.426. The van der Waals surface area contributed by atoms with Crippen LogP contribution in [0.2, 0.25) is 0 Å². The van der Waals surface area contributed by atoms with E-state index in [1.54, 1.807) is 19.1 Å². The number of benzene rings is 2. The van der Waals surface area contributed by atoms with Crippen molar-refractivity contribution in [2.45, 2.75) is 64.0 Å². The molecular formula is C24H29FN2O. The van der Waals surface area contributed by atoms with E-state index in [4.69, 9.17) is 0 Å². The van der Waals surface area contributed by atoms with E-state index >= 15 is 0 Å². The molecule has 0 aromatic heterocycles. The molecular weight excluding hydrogens is 351 g/mol. The number of amides is 1. The molecule has 1 N–H and O–H groups in total. The molecule has 1 aliphatic heterocycles. The summed E-state index contributed by atoms with van der Waals surface area (Å²) in [6.45, 7) is 2.48. The molecule has 0 unspecified atom stereocenters. The van der Waals surface area contributed by atoms with Gasteiger partial charge in [-0.2, -0.15) is 0 Å². The molecule has 0 bridgehead atoms. The second-order valence-corrected chi connectivity index (χ2v) is 8.19. The van der Waals surface area contributed by atoms with Gasteiger partial charge in [0, 0.05) is 18.3 Å². The smallest absolute Gasteiger partial charge is 0.257 e. The number of hydrogen-bond donors (Lipinski definition) is 1. The lowest BCUT2D eigenvalue weighted by Crippen LogP contribution is -2.39. The average molecular weight is 381 g/mol. The number of carbonyl (C=O) groups excluding carboxylic acids is 1. The lowest BCUT2D eigenvalue weighted by atomic mass is 9.93. The molecule has 1 heterocycles. The molecule has 3 nitrogen and oxygen atoms in total. The van der Waals surface area contributed by atoms with Crippen LogP contribution in [0.1, 0.15) is 72.5 Å². The van der Waals surface area contributed by atoms with Crippen molar-refractivity contribution in [3.05, 3.63) is 65.0 Å². The number of carbonyl (C=O) groups is 1. The number of rotatable bonds is 4. The summed E-state index contributed by atoms with van der Waals surface area (Å²) in [5.74, 6) is -0.612. The molecule has 2 aromatic rings. The van der Waals surface area contributed by atoms with E-state index in [0.717, 1.165) is 30.5 Å². The maximum atomic E-state index is 14.4. The normalized spacial score (nSPS) is 20.4. The zero-order chi connectivity index (χ0) is 19.5. The highest BCUT2D eigenvalue weighted by atomic mass is 19.1. The van der Waals surface area contributed by atoms with Crippen LogP contribution in [0, 0.1) is 12.7 Å². The largest absolute Gasteiger partial charge is 0.382 e. The van der Waals surface area contributed by atoms with Gasteiger partial charge in [-0.05, 0) is 68.4 Å². The van der Waals surface area contributed by atoms with Crippen molar-refractivity contribution in [1.82, 2.24) is 4.90 Å². The van der Waals surface area contributed by atoms with E-state index in [9.17, 15) is 9.18 Å². The Morgan fingerprint density at radius 2 is 1.71 bits per heavy atom. The Morgan fingerprint density at radius 1 is 1.00 bits per heavy atom. The van der Waals surface area contributed by atoms with E-state index in [-0.39, 0.29) is 17.5 Å². The number of halogens is 1. The van der Waals surface area contributed by atoms with Gasteiger partial charge in [0.1, 0.15) is 5.82 Å². The molecule has 1 saturated heterocycles. The third kappa shape index (κ3) is 3.91. The van der Waals surface area contributed by atoms with Crippen LogP contribution in [-0.2, 0) is 0 Å². The van der Waals surface area contributed by atoms with Gasteiger partial charge in [0.05, 0.1) is 11.6 Å². The molecule has 1 amide bonds. The highest BCUT2D eigenvalue weighted by Crippen LogP contribution is 2.34. The first-order chi connectivity index (χ1) is 13.6. The van der Waals surface area contributed by atoms with Gasteiger partial charge in [0.2, 0.25) is 0 Å². The highest BCUT2D eigenvalue weighted by Gasteiger charge is 2.30. The molecule has 4 rings (SSSR count). The van der Waals surface area contributed by atoms with Crippen molar-refractivity contribution in [3.8, 4) is 0 Å². The van der Waals surface area contributed by atoms with Gasteiger partial charge in [0.25, 0.3) is 5.91 Å². The Hall–Kier alpha value is -2.36.